The van der Waals surface area contributed by atoms with E-state index < -0.39 is 5.82 Å². The van der Waals surface area contributed by atoms with E-state index >= 15 is 0 Å². The van der Waals surface area contributed by atoms with E-state index in [0.717, 1.165) is 18.8 Å². The molecule has 1 saturated heterocycles. The number of hydrogen-bond donors (Lipinski definition) is 0. The molecular weight excluding hydrogens is 269 g/mol. The van der Waals surface area contributed by atoms with Gasteiger partial charge in [0.25, 0.3) is 0 Å². The van der Waals surface area contributed by atoms with Gasteiger partial charge >= 0.3 is 0 Å². The molecule has 0 radical (unpaired) electrons. The maximum atomic E-state index is 14.3. The lowest BCUT2D eigenvalue weighted by molar-refractivity contribution is 0.103. The number of ketones is 1. The molecule has 0 aromatic heterocycles. The molecule has 0 saturated carbocycles. The summed E-state index contributed by atoms with van der Waals surface area (Å²) in [5.41, 5.74) is 1.40. The van der Waals surface area contributed by atoms with E-state index in [4.69, 9.17) is 4.74 Å². The number of halogens is 1. The highest BCUT2D eigenvalue weighted by Gasteiger charge is 2.17. The molecule has 0 aliphatic carbocycles. The first kappa shape index (κ1) is 13.8. The summed E-state index contributed by atoms with van der Waals surface area (Å²) >= 11 is 0. The first-order chi connectivity index (χ1) is 10.3. The lowest BCUT2D eigenvalue weighted by Gasteiger charge is -2.29. The second kappa shape index (κ2) is 6.06. The summed E-state index contributed by atoms with van der Waals surface area (Å²) in [6, 6.07) is 13.5. The second-order valence-corrected chi connectivity index (χ2v) is 4.96. The van der Waals surface area contributed by atoms with Gasteiger partial charge in [0.2, 0.25) is 0 Å². The van der Waals surface area contributed by atoms with Crippen molar-refractivity contribution in [2.24, 2.45) is 0 Å². The molecule has 4 heteroatoms. The van der Waals surface area contributed by atoms with Crippen LogP contribution in [0, 0.1) is 5.82 Å². The summed E-state index contributed by atoms with van der Waals surface area (Å²) in [5, 5.41) is 0. The van der Waals surface area contributed by atoms with Gasteiger partial charge in [0.15, 0.2) is 5.78 Å². The zero-order valence-corrected chi connectivity index (χ0v) is 11.6. The summed E-state index contributed by atoms with van der Waals surface area (Å²) in [5.74, 6) is -0.769. The molecule has 21 heavy (non-hydrogen) atoms. The van der Waals surface area contributed by atoms with Crippen molar-refractivity contribution in [1.29, 1.82) is 0 Å². The Kier molecular flexibility index (Phi) is 3.97. The van der Waals surface area contributed by atoms with Crippen LogP contribution in [0.3, 0.4) is 0 Å². The average Bonchev–Trinajstić information content (AvgIpc) is 2.56. The minimum atomic E-state index is -0.479. The first-order valence-corrected chi connectivity index (χ1v) is 6.98. The van der Waals surface area contributed by atoms with Gasteiger partial charge in [-0.05, 0) is 18.2 Å². The molecule has 0 N–H and O–H groups in total. The quantitative estimate of drug-likeness (QED) is 0.812. The van der Waals surface area contributed by atoms with Gasteiger partial charge in [-0.25, -0.2) is 4.39 Å². The summed E-state index contributed by atoms with van der Waals surface area (Å²) in [6.45, 7) is 2.77. The standard InChI is InChI=1S/C17H16FNO2/c18-16-12-14(19-8-10-21-11-9-19)6-7-15(16)17(20)13-4-2-1-3-5-13/h1-7,12H,8-11H2. The molecule has 108 valence electrons. The van der Waals surface area contributed by atoms with Crippen LogP contribution in [0.4, 0.5) is 10.1 Å². The van der Waals surface area contributed by atoms with Crippen LogP contribution in [0.25, 0.3) is 0 Å². The van der Waals surface area contributed by atoms with E-state index in [1.165, 1.54) is 6.07 Å². The smallest absolute Gasteiger partial charge is 0.195 e. The van der Waals surface area contributed by atoms with E-state index in [2.05, 4.69) is 4.90 Å². The SMILES string of the molecule is O=C(c1ccccc1)c1ccc(N2CCOCC2)cc1F. The predicted molar refractivity (Wildman–Crippen MR) is 79.3 cm³/mol. The maximum absolute atomic E-state index is 14.3. The van der Waals surface area contributed by atoms with Crippen LogP contribution >= 0.6 is 0 Å². The van der Waals surface area contributed by atoms with Gasteiger partial charge in [-0.15, -0.1) is 0 Å². The number of carbonyl (C=O) groups excluding carboxylic acids is 1. The number of rotatable bonds is 3. The fraction of sp³-hybridized carbons (Fsp3) is 0.235. The van der Waals surface area contributed by atoms with Gasteiger partial charge in [0, 0.05) is 24.3 Å². The Morgan fingerprint density at radius 3 is 2.43 bits per heavy atom. The number of anilines is 1. The average molecular weight is 285 g/mol. The summed E-state index contributed by atoms with van der Waals surface area (Å²) in [7, 11) is 0. The molecule has 2 aromatic rings. The van der Waals surface area contributed by atoms with E-state index in [1.54, 1.807) is 36.4 Å². The molecule has 1 fully saturated rings. The van der Waals surface area contributed by atoms with Crippen molar-refractivity contribution >= 4 is 11.5 Å². The van der Waals surface area contributed by atoms with Gasteiger partial charge in [-0.2, -0.15) is 0 Å². The normalized spacial score (nSPS) is 15.0. The van der Waals surface area contributed by atoms with E-state index in [1.807, 2.05) is 6.07 Å². The van der Waals surface area contributed by atoms with Crippen LogP contribution in [0.5, 0.6) is 0 Å². The maximum Gasteiger partial charge on any atom is 0.195 e. The molecule has 2 aromatic carbocycles. The van der Waals surface area contributed by atoms with Crippen molar-refractivity contribution in [2.75, 3.05) is 31.2 Å². The zero-order chi connectivity index (χ0) is 14.7. The monoisotopic (exact) mass is 285 g/mol. The topological polar surface area (TPSA) is 29.5 Å². The molecule has 0 atom stereocenters. The van der Waals surface area contributed by atoms with Crippen molar-refractivity contribution < 1.29 is 13.9 Å². The summed E-state index contributed by atoms with van der Waals surface area (Å²) in [4.78, 5) is 14.3. The molecule has 1 aliphatic rings. The fourth-order valence-electron chi connectivity index (χ4n) is 2.45. The Bertz CT molecular complexity index is 636. The number of ether oxygens (including phenoxy) is 1. The third-order valence-corrected chi connectivity index (χ3v) is 3.61. The van der Waals surface area contributed by atoms with Gasteiger partial charge in [0.05, 0.1) is 18.8 Å². The van der Waals surface area contributed by atoms with Crippen LogP contribution in [0.15, 0.2) is 48.5 Å². The molecule has 0 spiro atoms. The Labute approximate surface area is 123 Å². The van der Waals surface area contributed by atoms with Gasteiger partial charge in [0.1, 0.15) is 5.82 Å². The molecule has 0 amide bonds. The number of morpholine rings is 1. The predicted octanol–water partition coefficient (Wildman–Crippen LogP) is 2.89. The van der Waals surface area contributed by atoms with Crippen LogP contribution in [0.2, 0.25) is 0 Å². The lowest BCUT2D eigenvalue weighted by atomic mass is 10.0. The van der Waals surface area contributed by atoms with Crippen molar-refractivity contribution in [3.63, 3.8) is 0 Å². The molecule has 0 unspecified atom stereocenters. The highest BCUT2D eigenvalue weighted by atomic mass is 19.1. The van der Waals surface area contributed by atoms with Gasteiger partial charge in [-0.3, -0.25) is 4.79 Å². The highest BCUT2D eigenvalue weighted by molar-refractivity contribution is 6.09. The van der Waals surface area contributed by atoms with Crippen LogP contribution in [0.1, 0.15) is 15.9 Å². The lowest BCUT2D eigenvalue weighted by Crippen LogP contribution is -2.36. The Morgan fingerprint density at radius 2 is 1.76 bits per heavy atom. The summed E-state index contributed by atoms with van der Waals surface area (Å²) in [6.07, 6.45) is 0. The Hall–Kier alpha value is -2.20. The number of nitrogens with zero attached hydrogens (tertiary/aromatic N) is 1. The van der Waals surface area contributed by atoms with Crippen molar-refractivity contribution in [2.45, 2.75) is 0 Å². The van der Waals surface area contributed by atoms with Gasteiger partial charge in [-0.1, -0.05) is 30.3 Å². The van der Waals surface area contributed by atoms with Crippen LogP contribution < -0.4 is 4.90 Å². The first-order valence-electron chi connectivity index (χ1n) is 6.98. The molecular formula is C17H16FNO2. The van der Waals surface area contributed by atoms with Crippen LogP contribution in [-0.2, 0) is 4.74 Å². The van der Waals surface area contributed by atoms with E-state index in [9.17, 15) is 9.18 Å². The van der Waals surface area contributed by atoms with Crippen molar-refractivity contribution in [3.8, 4) is 0 Å². The van der Waals surface area contributed by atoms with Gasteiger partial charge < -0.3 is 9.64 Å². The Balaban J connectivity index is 1.86. The summed E-state index contributed by atoms with van der Waals surface area (Å²) < 4.78 is 19.5. The Morgan fingerprint density at radius 1 is 1.05 bits per heavy atom. The molecule has 3 nitrogen and oxygen atoms in total. The minimum Gasteiger partial charge on any atom is -0.378 e. The number of hydrogen-bond acceptors (Lipinski definition) is 3. The number of carbonyl (C=O) groups is 1. The molecule has 0 bridgehead atoms. The minimum absolute atomic E-state index is 0.109. The van der Waals surface area contributed by atoms with Crippen molar-refractivity contribution in [1.82, 2.24) is 0 Å². The highest BCUT2D eigenvalue weighted by Crippen LogP contribution is 2.21. The van der Waals surface area contributed by atoms with Crippen molar-refractivity contribution in [3.05, 3.63) is 65.5 Å². The number of benzene rings is 2. The zero-order valence-electron chi connectivity index (χ0n) is 11.6. The van der Waals surface area contributed by atoms with E-state index in [-0.39, 0.29) is 11.3 Å². The van der Waals surface area contributed by atoms with E-state index in [0.29, 0.717) is 18.8 Å². The molecule has 1 aliphatic heterocycles. The molecule has 3 rings (SSSR count). The molecule has 1 heterocycles. The van der Waals surface area contributed by atoms with Crippen LogP contribution in [-0.4, -0.2) is 32.1 Å². The third kappa shape index (κ3) is 2.95. The second-order valence-electron chi connectivity index (χ2n) is 4.96. The third-order valence-electron chi connectivity index (χ3n) is 3.61. The fourth-order valence-corrected chi connectivity index (χ4v) is 2.45. The largest absolute Gasteiger partial charge is 0.378 e.